The van der Waals surface area contributed by atoms with Gasteiger partial charge < -0.3 is 20.4 Å². The van der Waals surface area contributed by atoms with E-state index in [-0.39, 0.29) is 18.5 Å². The first-order chi connectivity index (χ1) is 12.6. The highest BCUT2D eigenvalue weighted by Crippen LogP contribution is 2.16. The number of para-hydroxylation sites is 1. The Morgan fingerprint density at radius 1 is 0.962 bits per heavy atom. The van der Waals surface area contributed by atoms with Crippen molar-refractivity contribution in [3.05, 3.63) is 59.6 Å². The molecule has 0 bridgehead atoms. The average Bonchev–Trinajstić information content (AvgIpc) is 2.67. The summed E-state index contributed by atoms with van der Waals surface area (Å²) >= 11 is 5.88. The van der Waals surface area contributed by atoms with Gasteiger partial charge in [0.1, 0.15) is 0 Å². The van der Waals surface area contributed by atoms with Gasteiger partial charge in [0, 0.05) is 42.6 Å². The molecule has 0 unspecified atom stereocenters. The van der Waals surface area contributed by atoms with Gasteiger partial charge in [-0.15, -0.1) is 0 Å². The van der Waals surface area contributed by atoms with Crippen molar-refractivity contribution in [1.29, 1.82) is 0 Å². The molecular formula is C19H21ClN4O2. The fourth-order valence-electron chi connectivity index (χ4n) is 2.85. The minimum atomic E-state index is -0.288. The Morgan fingerprint density at radius 2 is 1.69 bits per heavy atom. The van der Waals surface area contributed by atoms with Crippen LogP contribution < -0.4 is 15.5 Å². The van der Waals surface area contributed by atoms with Crippen LogP contribution in [0.5, 0.6) is 0 Å². The van der Waals surface area contributed by atoms with Gasteiger partial charge in [-0.2, -0.15) is 0 Å². The third kappa shape index (κ3) is 4.89. The summed E-state index contributed by atoms with van der Waals surface area (Å²) < 4.78 is 0. The van der Waals surface area contributed by atoms with Crippen molar-refractivity contribution in [2.45, 2.75) is 0 Å². The molecule has 7 heteroatoms. The Morgan fingerprint density at radius 3 is 2.38 bits per heavy atom. The Bertz CT molecular complexity index is 761. The molecule has 1 aliphatic heterocycles. The van der Waals surface area contributed by atoms with Crippen LogP contribution in [-0.2, 0) is 4.79 Å². The Balaban J connectivity index is 1.42. The SMILES string of the molecule is O=C(CNC(=O)N1CCN(c2ccccc2)CC1)Nc1cccc(Cl)c1. The number of benzene rings is 2. The molecule has 3 rings (SSSR count). The first kappa shape index (κ1) is 18.1. The van der Waals surface area contributed by atoms with Crippen molar-refractivity contribution in [3.63, 3.8) is 0 Å². The first-order valence-corrected chi connectivity index (χ1v) is 8.88. The topological polar surface area (TPSA) is 64.7 Å². The van der Waals surface area contributed by atoms with Crippen molar-refractivity contribution in [3.8, 4) is 0 Å². The summed E-state index contributed by atoms with van der Waals surface area (Å²) in [5.74, 6) is -0.288. The molecule has 2 aromatic carbocycles. The van der Waals surface area contributed by atoms with Gasteiger partial charge in [-0.25, -0.2) is 4.79 Å². The maximum atomic E-state index is 12.2. The van der Waals surface area contributed by atoms with Crippen LogP contribution >= 0.6 is 11.6 Å². The summed E-state index contributed by atoms with van der Waals surface area (Å²) in [6.45, 7) is 2.70. The number of carbonyl (C=O) groups is 2. The lowest BCUT2D eigenvalue weighted by molar-refractivity contribution is -0.115. The third-order valence-electron chi connectivity index (χ3n) is 4.20. The summed E-state index contributed by atoms with van der Waals surface area (Å²) in [7, 11) is 0. The normalized spacial score (nSPS) is 14.0. The standard InChI is InChI=1S/C19H21ClN4O2/c20-15-5-4-6-16(13-15)22-18(25)14-21-19(26)24-11-9-23(10-12-24)17-7-2-1-3-8-17/h1-8,13H,9-12,14H2,(H,21,26)(H,22,25). The van der Waals surface area contributed by atoms with Gasteiger partial charge in [0.05, 0.1) is 6.54 Å². The summed E-state index contributed by atoms with van der Waals surface area (Å²) in [5, 5.41) is 5.91. The lowest BCUT2D eigenvalue weighted by Gasteiger charge is -2.36. The summed E-state index contributed by atoms with van der Waals surface area (Å²) in [6.07, 6.45) is 0. The maximum absolute atomic E-state index is 12.2. The minimum absolute atomic E-state index is 0.0791. The van der Waals surface area contributed by atoms with E-state index in [2.05, 4.69) is 27.7 Å². The van der Waals surface area contributed by atoms with Crippen LogP contribution in [0.1, 0.15) is 0 Å². The van der Waals surface area contributed by atoms with Gasteiger partial charge in [0.15, 0.2) is 0 Å². The Kier molecular flexibility index (Phi) is 5.96. The molecule has 0 radical (unpaired) electrons. The molecule has 0 saturated carbocycles. The highest BCUT2D eigenvalue weighted by molar-refractivity contribution is 6.30. The van der Waals surface area contributed by atoms with E-state index in [1.165, 1.54) is 0 Å². The van der Waals surface area contributed by atoms with Gasteiger partial charge >= 0.3 is 6.03 Å². The van der Waals surface area contributed by atoms with Crippen LogP contribution in [0.4, 0.5) is 16.2 Å². The zero-order chi connectivity index (χ0) is 18.4. The quantitative estimate of drug-likeness (QED) is 0.867. The largest absolute Gasteiger partial charge is 0.368 e. The molecule has 26 heavy (non-hydrogen) atoms. The number of rotatable bonds is 4. The molecule has 3 amide bonds. The zero-order valence-electron chi connectivity index (χ0n) is 14.3. The van der Waals surface area contributed by atoms with Gasteiger partial charge in [-0.05, 0) is 30.3 Å². The first-order valence-electron chi connectivity index (χ1n) is 8.50. The number of amides is 3. The van der Waals surface area contributed by atoms with Crippen LogP contribution in [0.15, 0.2) is 54.6 Å². The van der Waals surface area contributed by atoms with Crippen LogP contribution in [0.2, 0.25) is 5.02 Å². The number of urea groups is 1. The fraction of sp³-hybridized carbons (Fsp3) is 0.263. The second-order valence-corrected chi connectivity index (χ2v) is 6.46. The molecule has 1 aliphatic rings. The van der Waals surface area contributed by atoms with Gasteiger partial charge in [-0.1, -0.05) is 35.9 Å². The summed E-state index contributed by atoms with van der Waals surface area (Å²) in [5.41, 5.74) is 1.77. The van der Waals surface area contributed by atoms with E-state index in [9.17, 15) is 9.59 Å². The average molecular weight is 373 g/mol. The highest BCUT2D eigenvalue weighted by atomic mass is 35.5. The Labute approximate surface area is 157 Å². The van der Waals surface area contributed by atoms with E-state index in [1.54, 1.807) is 29.2 Å². The maximum Gasteiger partial charge on any atom is 0.317 e. The van der Waals surface area contributed by atoms with Crippen LogP contribution in [0, 0.1) is 0 Å². The molecule has 136 valence electrons. The molecule has 2 N–H and O–H groups in total. The number of nitrogens with zero attached hydrogens (tertiary/aromatic N) is 2. The predicted molar refractivity (Wildman–Crippen MR) is 104 cm³/mol. The molecule has 0 spiro atoms. The number of hydrogen-bond acceptors (Lipinski definition) is 3. The molecule has 1 saturated heterocycles. The van der Waals surface area contributed by atoms with Gasteiger partial charge in [0.25, 0.3) is 0 Å². The van der Waals surface area contributed by atoms with E-state index < -0.39 is 0 Å². The lowest BCUT2D eigenvalue weighted by atomic mass is 10.2. The fourth-order valence-corrected chi connectivity index (χ4v) is 3.04. The van der Waals surface area contributed by atoms with Crippen molar-refractivity contribution < 1.29 is 9.59 Å². The molecule has 1 fully saturated rings. The lowest BCUT2D eigenvalue weighted by Crippen LogP contribution is -2.52. The number of nitrogens with one attached hydrogen (secondary N) is 2. The molecule has 2 aromatic rings. The van der Waals surface area contributed by atoms with Gasteiger partial charge in [-0.3, -0.25) is 4.79 Å². The molecule has 0 atom stereocenters. The van der Waals surface area contributed by atoms with E-state index in [0.717, 1.165) is 18.8 Å². The van der Waals surface area contributed by atoms with Crippen molar-refractivity contribution in [2.75, 3.05) is 42.9 Å². The molecule has 6 nitrogen and oxygen atoms in total. The molecule has 0 aromatic heterocycles. The number of piperazine rings is 1. The summed E-state index contributed by atoms with van der Waals surface area (Å²) in [4.78, 5) is 28.2. The van der Waals surface area contributed by atoms with Crippen molar-refractivity contribution in [2.24, 2.45) is 0 Å². The Hall–Kier alpha value is -2.73. The van der Waals surface area contributed by atoms with Crippen LogP contribution in [0.3, 0.4) is 0 Å². The minimum Gasteiger partial charge on any atom is -0.368 e. The smallest absolute Gasteiger partial charge is 0.317 e. The van der Waals surface area contributed by atoms with E-state index in [0.29, 0.717) is 23.8 Å². The van der Waals surface area contributed by atoms with Crippen LogP contribution in [0.25, 0.3) is 0 Å². The van der Waals surface area contributed by atoms with E-state index in [4.69, 9.17) is 11.6 Å². The molecule has 1 heterocycles. The third-order valence-corrected chi connectivity index (χ3v) is 4.43. The second kappa shape index (κ2) is 8.58. The molecular weight excluding hydrogens is 352 g/mol. The van der Waals surface area contributed by atoms with E-state index >= 15 is 0 Å². The predicted octanol–water partition coefficient (Wildman–Crippen LogP) is 2.81. The van der Waals surface area contributed by atoms with Crippen molar-refractivity contribution >= 4 is 34.9 Å². The number of anilines is 2. The van der Waals surface area contributed by atoms with Crippen molar-refractivity contribution in [1.82, 2.24) is 10.2 Å². The number of carbonyl (C=O) groups excluding carboxylic acids is 2. The van der Waals surface area contributed by atoms with E-state index in [1.807, 2.05) is 18.2 Å². The van der Waals surface area contributed by atoms with Crippen LogP contribution in [-0.4, -0.2) is 49.6 Å². The zero-order valence-corrected chi connectivity index (χ0v) is 15.1. The number of halogens is 1. The summed E-state index contributed by atoms with van der Waals surface area (Å²) in [6, 6.07) is 16.8. The monoisotopic (exact) mass is 372 g/mol. The number of hydrogen-bond donors (Lipinski definition) is 2. The highest BCUT2D eigenvalue weighted by Gasteiger charge is 2.21. The molecule has 0 aliphatic carbocycles. The second-order valence-electron chi connectivity index (χ2n) is 6.03. The van der Waals surface area contributed by atoms with Gasteiger partial charge in [0.2, 0.25) is 5.91 Å².